The maximum atomic E-state index is 13.2. The lowest BCUT2D eigenvalue weighted by Crippen LogP contribution is -2.53. The number of hydrogen-bond acceptors (Lipinski definition) is 3. The Morgan fingerprint density at radius 2 is 2.35 bits per heavy atom. The van der Waals surface area contributed by atoms with E-state index in [4.69, 9.17) is 10.5 Å². The highest BCUT2D eigenvalue weighted by Crippen LogP contribution is 2.41. The van der Waals surface area contributed by atoms with Gasteiger partial charge in [0.2, 0.25) is 0 Å². The van der Waals surface area contributed by atoms with Gasteiger partial charge in [-0.3, -0.25) is 0 Å². The third-order valence-corrected chi connectivity index (χ3v) is 3.72. The molecule has 2 aliphatic rings. The van der Waals surface area contributed by atoms with Crippen LogP contribution in [-0.2, 0) is 0 Å². The summed E-state index contributed by atoms with van der Waals surface area (Å²) in [5.41, 5.74) is 6.75. The number of piperidine rings is 1. The molecule has 0 aliphatic carbocycles. The summed E-state index contributed by atoms with van der Waals surface area (Å²) in [6.07, 6.45) is 2.88. The maximum Gasteiger partial charge on any atom is 0.125 e. The summed E-state index contributed by atoms with van der Waals surface area (Å²) >= 11 is 0. The molecule has 3 nitrogen and oxygen atoms in total. The number of halogens is 1. The van der Waals surface area contributed by atoms with E-state index in [2.05, 4.69) is 5.32 Å². The Kier molecular flexibility index (Phi) is 2.56. The summed E-state index contributed by atoms with van der Waals surface area (Å²) in [4.78, 5) is 0. The highest BCUT2D eigenvalue weighted by Gasteiger charge is 2.40. The molecule has 1 spiro atoms. The smallest absolute Gasteiger partial charge is 0.125 e. The van der Waals surface area contributed by atoms with Crippen LogP contribution < -0.4 is 15.8 Å². The van der Waals surface area contributed by atoms with E-state index >= 15 is 0 Å². The van der Waals surface area contributed by atoms with Crippen LogP contribution in [0.4, 0.5) is 4.39 Å². The van der Waals surface area contributed by atoms with Gasteiger partial charge in [-0.1, -0.05) is 0 Å². The first kappa shape index (κ1) is 11.0. The molecule has 2 aliphatic heterocycles. The van der Waals surface area contributed by atoms with Crippen LogP contribution in [0.15, 0.2) is 18.2 Å². The maximum absolute atomic E-state index is 13.2. The van der Waals surface area contributed by atoms with Crippen molar-refractivity contribution in [3.63, 3.8) is 0 Å². The van der Waals surface area contributed by atoms with Gasteiger partial charge in [0.25, 0.3) is 0 Å². The van der Waals surface area contributed by atoms with E-state index < -0.39 is 0 Å². The predicted molar refractivity (Wildman–Crippen MR) is 63.4 cm³/mol. The summed E-state index contributed by atoms with van der Waals surface area (Å²) in [5.74, 6) is 0.495. The highest BCUT2D eigenvalue weighted by atomic mass is 19.1. The Hall–Kier alpha value is -1.13. The zero-order valence-electron chi connectivity index (χ0n) is 9.71. The van der Waals surface area contributed by atoms with Crippen molar-refractivity contribution in [1.82, 2.24) is 5.32 Å². The number of hydrogen-bond donors (Lipinski definition) is 2. The van der Waals surface area contributed by atoms with Gasteiger partial charge in [0.15, 0.2) is 0 Å². The zero-order valence-corrected chi connectivity index (χ0v) is 9.71. The Balaban J connectivity index is 1.94. The van der Waals surface area contributed by atoms with Crippen LogP contribution in [-0.4, -0.2) is 18.7 Å². The van der Waals surface area contributed by atoms with Gasteiger partial charge in [-0.25, -0.2) is 4.39 Å². The SMILES string of the molecule is NC1CC2(CCCNC2)Oc2ccc(F)cc21. The molecule has 1 fully saturated rings. The van der Waals surface area contributed by atoms with Crippen molar-refractivity contribution in [3.8, 4) is 5.75 Å². The molecule has 0 radical (unpaired) electrons. The molecule has 2 atom stereocenters. The van der Waals surface area contributed by atoms with Gasteiger partial charge in [-0.2, -0.15) is 0 Å². The van der Waals surface area contributed by atoms with Crippen LogP contribution in [0.1, 0.15) is 30.9 Å². The standard InChI is InChI=1S/C13H17FN2O/c14-9-2-3-12-10(6-9)11(15)7-13(17-12)4-1-5-16-8-13/h2-3,6,11,16H,1,4-5,7-8,15H2. The molecule has 92 valence electrons. The molecule has 2 heterocycles. The molecule has 1 aromatic rings. The van der Waals surface area contributed by atoms with Gasteiger partial charge >= 0.3 is 0 Å². The van der Waals surface area contributed by atoms with Crippen LogP contribution in [0, 0.1) is 5.82 Å². The number of nitrogens with one attached hydrogen (secondary N) is 1. The monoisotopic (exact) mass is 236 g/mol. The first-order valence-electron chi connectivity index (χ1n) is 6.13. The first-order valence-corrected chi connectivity index (χ1v) is 6.13. The number of rotatable bonds is 0. The Morgan fingerprint density at radius 3 is 3.12 bits per heavy atom. The second kappa shape index (κ2) is 3.96. The molecule has 3 rings (SSSR count). The molecule has 0 aromatic heterocycles. The summed E-state index contributed by atoms with van der Waals surface area (Å²) in [7, 11) is 0. The molecule has 4 heteroatoms. The molecular weight excluding hydrogens is 219 g/mol. The largest absolute Gasteiger partial charge is 0.486 e. The van der Waals surface area contributed by atoms with Gasteiger partial charge in [0.1, 0.15) is 17.2 Å². The third-order valence-electron chi connectivity index (χ3n) is 3.72. The van der Waals surface area contributed by atoms with E-state index in [1.54, 1.807) is 6.07 Å². The van der Waals surface area contributed by atoms with Crippen molar-refractivity contribution in [2.75, 3.05) is 13.1 Å². The lowest BCUT2D eigenvalue weighted by molar-refractivity contribution is 0.0135. The zero-order chi connectivity index (χ0) is 11.9. The predicted octanol–water partition coefficient (Wildman–Crippen LogP) is 1.73. The minimum Gasteiger partial charge on any atom is -0.486 e. The average Bonchev–Trinajstić information content (AvgIpc) is 2.31. The fraction of sp³-hybridized carbons (Fsp3) is 0.538. The van der Waals surface area contributed by atoms with E-state index in [0.717, 1.165) is 43.7 Å². The fourth-order valence-corrected chi connectivity index (χ4v) is 2.89. The first-order chi connectivity index (χ1) is 8.19. The molecule has 17 heavy (non-hydrogen) atoms. The van der Waals surface area contributed by atoms with Gasteiger partial charge in [0, 0.05) is 24.6 Å². The molecule has 1 aromatic carbocycles. The normalized spacial score (nSPS) is 32.0. The van der Waals surface area contributed by atoms with Crippen molar-refractivity contribution in [2.45, 2.75) is 30.9 Å². The van der Waals surface area contributed by atoms with Gasteiger partial charge < -0.3 is 15.8 Å². The quantitative estimate of drug-likeness (QED) is 0.721. The second-order valence-electron chi connectivity index (χ2n) is 5.06. The number of nitrogens with two attached hydrogens (primary N) is 1. The van der Waals surface area contributed by atoms with Crippen molar-refractivity contribution in [1.29, 1.82) is 0 Å². The summed E-state index contributed by atoms with van der Waals surface area (Å²) in [6, 6.07) is 4.48. The van der Waals surface area contributed by atoms with Crippen molar-refractivity contribution in [2.24, 2.45) is 5.73 Å². The van der Waals surface area contributed by atoms with E-state index in [-0.39, 0.29) is 17.5 Å². The Labute approximate surface area is 100 Å². The van der Waals surface area contributed by atoms with E-state index in [0.29, 0.717) is 0 Å². The van der Waals surface area contributed by atoms with Crippen LogP contribution >= 0.6 is 0 Å². The molecule has 2 unspecified atom stereocenters. The van der Waals surface area contributed by atoms with Crippen LogP contribution in [0.25, 0.3) is 0 Å². The van der Waals surface area contributed by atoms with Gasteiger partial charge in [-0.05, 0) is 37.6 Å². The van der Waals surface area contributed by atoms with Crippen molar-refractivity contribution in [3.05, 3.63) is 29.6 Å². The molecule has 0 bridgehead atoms. The highest BCUT2D eigenvalue weighted by molar-refractivity contribution is 5.39. The van der Waals surface area contributed by atoms with Gasteiger partial charge in [0.05, 0.1) is 0 Å². The topological polar surface area (TPSA) is 47.3 Å². The molecule has 3 N–H and O–H groups in total. The van der Waals surface area contributed by atoms with E-state index in [1.807, 2.05) is 0 Å². The summed E-state index contributed by atoms with van der Waals surface area (Å²) in [6.45, 7) is 1.87. The molecule has 1 saturated heterocycles. The second-order valence-corrected chi connectivity index (χ2v) is 5.06. The fourth-order valence-electron chi connectivity index (χ4n) is 2.89. The number of benzene rings is 1. The van der Waals surface area contributed by atoms with Crippen molar-refractivity contribution < 1.29 is 9.13 Å². The summed E-state index contributed by atoms with van der Waals surface area (Å²) in [5, 5.41) is 3.35. The Morgan fingerprint density at radius 1 is 1.47 bits per heavy atom. The van der Waals surface area contributed by atoms with E-state index in [1.165, 1.54) is 12.1 Å². The van der Waals surface area contributed by atoms with E-state index in [9.17, 15) is 4.39 Å². The minimum atomic E-state index is -0.250. The third kappa shape index (κ3) is 1.91. The molecular formula is C13H17FN2O. The molecule has 0 amide bonds. The van der Waals surface area contributed by atoms with Crippen LogP contribution in [0.5, 0.6) is 5.75 Å². The number of ether oxygens (including phenoxy) is 1. The van der Waals surface area contributed by atoms with Crippen LogP contribution in [0.3, 0.4) is 0 Å². The lowest BCUT2D eigenvalue weighted by atomic mass is 9.82. The Bertz CT molecular complexity index is 429. The average molecular weight is 236 g/mol. The lowest BCUT2D eigenvalue weighted by Gasteiger charge is -2.43. The number of fused-ring (bicyclic) bond motifs is 1. The van der Waals surface area contributed by atoms with Crippen LogP contribution in [0.2, 0.25) is 0 Å². The van der Waals surface area contributed by atoms with Gasteiger partial charge in [-0.15, -0.1) is 0 Å². The summed E-state index contributed by atoms with van der Waals surface area (Å²) < 4.78 is 19.3. The molecule has 0 saturated carbocycles. The minimum absolute atomic E-state index is 0.130. The van der Waals surface area contributed by atoms with Crippen molar-refractivity contribution >= 4 is 0 Å².